The van der Waals surface area contributed by atoms with Gasteiger partial charge in [0.05, 0.1) is 0 Å². The van der Waals surface area contributed by atoms with E-state index in [1.807, 2.05) is 0 Å². The molecule has 0 saturated carbocycles. The van der Waals surface area contributed by atoms with Gasteiger partial charge in [-0.2, -0.15) is 0 Å². The van der Waals surface area contributed by atoms with Crippen molar-refractivity contribution >= 4 is 0 Å². The maximum absolute atomic E-state index is 6.09. The highest BCUT2D eigenvalue weighted by molar-refractivity contribution is 4.78. The molecule has 1 unspecified atom stereocenters. The minimum absolute atomic E-state index is 0.224. The Bertz CT molecular complexity index is 168. The van der Waals surface area contributed by atoms with Crippen molar-refractivity contribution in [3.05, 3.63) is 0 Å². The van der Waals surface area contributed by atoms with Crippen molar-refractivity contribution in [2.45, 2.75) is 60.4 Å². The molecule has 0 aliphatic heterocycles. The molecule has 2 nitrogen and oxygen atoms in total. The first-order valence-electron chi connectivity index (χ1n) is 6.15. The molecular formula is C13H30N2. The molecule has 0 aromatic heterocycles. The molecule has 0 rings (SSSR count). The van der Waals surface area contributed by atoms with Crippen molar-refractivity contribution < 1.29 is 0 Å². The molecule has 0 aromatic rings. The summed E-state index contributed by atoms with van der Waals surface area (Å²) >= 11 is 0. The van der Waals surface area contributed by atoms with E-state index in [1.54, 1.807) is 0 Å². The standard InChI is InChI=1S/C13H30N2/c1-7-13(5,6)10-15-9-8-11(14)12(2,3)4/h11,15H,7-10,14H2,1-6H3. The summed E-state index contributed by atoms with van der Waals surface area (Å²) in [5.74, 6) is 0. The Kier molecular flexibility index (Phi) is 5.82. The Morgan fingerprint density at radius 2 is 1.67 bits per heavy atom. The molecule has 3 N–H and O–H groups in total. The molecule has 92 valence electrons. The minimum Gasteiger partial charge on any atom is -0.327 e. The van der Waals surface area contributed by atoms with Crippen molar-refractivity contribution in [2.75, 3.05) is 13.1 Å². The van der Waals surface area contributed by atoms with Crippen LogP contribution in [0.1, 0.15) is 54.4 Å². The predicted octanol–water partition coefficient (Wildman–Crippen LogP) is 2.78. The van der Waals surface area contributed by atoms with Crippen molar-refractivity contribution in [1.82, 2.24) is 5.32 Å². The predicted molar refractivity (Wildman–Crippen MR) is 69.0 cm³/mol. The molecule has 0 fully saturated rings. The van der Waals surface area contributed by atoms with Crippen LogP contribution in [0.3, 0.4) is 0 Å². The van der Waals surface area contributed by atoms with Crippen molar-refractivity contribution in [1.29, 1.82) is 0 Å². The summed E-state index contributed by atoms with van der Waals surface area (Å²) in [4.78, 5) is 0. The first kappa shape index (κ1) is 14.9. The number of nitrogens with two attached hydrogens (primary N) is 1. The van der Waals surface area contributed by atoms with E-state index in [4.69, 9.17) is 5.73 Å². The van der Waals surface area contributed by atoms with E-state index in [2.05, 4.69) is 46.9 Å². The first-order chi connectivity index (χ1) is 6.69. The summed E-state index contributed by atoms with van der Waals surface area (Å²) in [6.07, 6.45) is 2.27. The molecule has 0 aliphatic carbocycles. The smallest absolute Gasteiger partial charge is 0.00997 e. The summed E-state index contributed by atoms with van der Waals surface area (Å²) < 4.78 is 0. The number of rotatable bonds is 6. The third-order valence-electron chi connectivity index (χ3n) is 3.31. The van der Waals surface area contributed by atoms with E-state index < -0.39 is 0 Å². The van der Waals surface area contributed by atoms with E-state index >= 15 is 0 Å². The Morgan fingerprint density at radius 3 is 2.07 bits per heavy atom. The van der Waals surface area contributed by atoms with Crippen LogP contribution in [0, 0.1) is 10.8 Å². The summed E-state index contributed by atoms with van der Waals surface area (Å²) in [6.45, 7) is 15.5. The highest BCUT2D eigenvalue weighted by Crippen LogP contribution is 2.20. The van der Waals surface area contributed by atoms with Gasteiger partial charge in [0.25, 0.3) is 0 Å². The Hall–Kier alpha value is -0.0800. The van der Waals surface area contributed by atoms with Crippen LogP contribution in [0.15, 0.2) is 0 Å². The molecule has 0 heterocycles. The molecule has 0 aliphatic rings. The fraction of sp³-hybridized carbons (Fsp3) is 1.00. The first-order valence-corrected chi connectivity index (χ1v) is 6.15. The van der Waals surface area contributed by atoms with Crippen LogP contribution in [-0.2, 0) is 0 Å². The molecule has 2 heteroatoms. The second-order valence-electron chi connectivity index (χ2n) is 6.46. The Labute approximate surface area is 96.0 Å². The van der Waals surface area contributed by atoms with Gasteiger partial charge in [-0.15, -0.1) is 0 Å². The molecule has 0 amide bonds. The van der Waals surface area contributed by atoms with Gasteiger partial charge in [-0.25, -0.2) is 0 Å². The Balaban J connectivity index is 3.64. The summed E-state index contributed by atoms with van der Waals surface area (Å²) in [7, 11) is 0. The van der Waals surface area contributed by atoms with Crippen LogP contribution in [0.4, 0.5) is 0 Å². The molecule has 0 aromatic carbocycles. The molecule has 0 radical (unpaired) electrons. The molecule has 0 bridgehead atoms. The number of hydrogen-bond donors (Lipinski definition) is 2. The van der Waals surface area contributed by atoms with E-state index in [9.17, 15) is 0 Å². The maximum Gasteiger partial charge on any atom is 0.00997 e. The largest absolute Gasteiger partial charge is 0.327 e. The summed E-state index contributed by atoms with van der Waals surface area (Å²) in [5, 5.41) is 3.50. The van der Waals surface area contributed by atoms with E-state index in [-0.39, 0.29) is 11.5 Å². The fourth-order valence-corrected chi connectivity index (χ4v) is 1.24. The molecular weight excluding hydrogens is 184 g/mol. The highest BCUT2D eigenvalue weighted by Gasteiger charge is 2.20. The van der Waals surface area contributed by atoms with E-state index in [1.165, 1.54) is 6.42 Å². The second-order valence-corrected chi connectivity index (χ2v) is 6.46. The molecule has 15 heavy (non-hydrogen) atoms. The van der Waals surface area contributed by atoms with Crippen molar-refractivity contribution in [2.24, 2.45) is 16.6 Å². The van der Waals surface area contributed by atoms with E-state index in [0.717, 1.165) is 19.5 Å². The molecule has 0 spiro atoms. The summed E-state index contributed by atoms with van der Waals surface area (Å²) in [6, 6.07) is 0.287. The lowest BCUT2D eigenvalue weighted by atomic mass is 9.85. The van der Waals surface area contributed by atoms with Crippen LogP contribution in [0.25, 0.3) is 0 Å². The van der Waals surface area contributed by atoms with Gasteiger partial charge in [0, 0.05) is 12.6 Å². The normalized spacial score (nSPS) is 15.4. The molecule has 1 atom stereocenters. The fourth-order valence-electron chi connectivity index (χ4n) is 1.24. The zero-order valence-electron chi connectivity index (χ0n) is 11.5. The van der Waals surface area contributed by atoms with Crippen molar-refractivity contribution in [3.63, 3.8) is 0 Å². The average Bonchev–Trinajstić information content (AvgIpc) is 2.10. The lowest BCUT2D eigenvalue weighted by Gasteiger charge is -2.28. The zero-order chi connectivity index (χ0) is 12.1. The van der Waals surface area contributed by atoms with Gasteiger partial charge in [0.2, 0.25) is 0 Å². The van der Waals surface area contributed by atoms with Gasteiger partial charge in [-0.05, 0) is 30.2 Å². The monoisotopic (exact) mass is 214 g/mol. The van der Waals surface area contributed by atoms with Crippen LogP contribution in [-0.4, -0.2) is 19.1 Å². The average molecular weight is 214 g/mol. The van der Waals surface area contributed by atoms with E-state index in [0.29, 0.717) is 5.41 Å². The third kappa shape index (κ3) is 6.91. The topological polar surface area (TPSA) is 38.0 Å². The summed E-state index contributed by atoms with van der Waals surface area (Å²) in [5.41, 5.74) is 6.73. The highest BCUT2D eigenvalue weighted by atomic mass is 14.9. The quantitative estimate of drug-likeness (QED) is 0.667. The van der Waals surface area contributed by atoms with Gasteiger partial charge in [0.1, 0.15) is 0 Å². The number of hydrogen-bond acceptors (Lipinski definition) is 2. The lowest BCUT2D eigenvalue weighted by molar-refractivity contribution is 0.287. The number of nitrogens with one attached hydrogen (secondary N) is 1. The van der Waals surface area contributed by atoms with Gasteiger partial charge in [-0.3, -0.25) is 0 Å². The van der Waals surface area contributed by atoms with Gasteiger partial charge >= 0.3 is 0 Å². The molecule has 0 saturated heterocycles. The van der Waals surface area contributed by atoms with Crippen LogP contribution in [0.2, 0.25) is 0 Å². The van der Waals surface area contributed by atoms with Crippen molar-refractivity contribution in [3.8, 4) is 0 Å². The SMILES string of the molecule is CCC(C)(C)CNCCC(N)C(C)(C)C. The second kappa shape index (κ2) is 5.86. The third-order valence-corrected chi connectivity index (χ3v) is 3.31. The lowest BCUT2D eigenvalue weighted by Crippen LogP contribution is -2.39. The van der Waals surface area contributed by atoms with Gasteiger partial charge in [0.15, 0.2) is 0 Å². The van der Waals surface area contributed by atoms with Crippen LogP contribution < -0.4 is 11.1 Å². The van der Waals surface area contributed by atoms with Gasteiger partial charge in [-0.1, -0.05) is 41.5 Å². The Morgan fingerprint density at radius 1 is 1.13 bits per heavy atom. The minimum atomic E-state index is 0.224. The van der Waals surface area contributed by atoms with Gasteiger partial charge < -0.3 is 11.1 Å². The van der Waals surface area contributed by atoms with Crippen LogP contribution >= 0.6 is 0 Å². The zero-order valence-corrected chi connectivity index (χ0v) is 11.5. The maximum atomic E-state index is 6.09. The van der Waals surface area contributed by atoms with Crippen LogP contribution in [0.5, 0.6) is 0 Å².